The van der Waals surface area contributed by atoms with Gasteiger partial charge in [0.2, 0.25) is 11.3 Å². The molecule has 0 radical (unpaired) electrons. The molecule has 40 heavy (non-hydrogen) atoms. The molecule has 0 spiro atoms. The van der Waals surface area contributed by atoms with Crippen molar-refractivity contribution in [3.05, 3.63) is 94.3 Å². The Kier molecular flexibility index (Phi) is 5.97. The SMILES string of the molecule is CN(C(=O)O)c1ccc(-c2cnc(C3(O)CCc4cc(-c5cc(Cl)ccc5-n5cnnn5)c[n+]([O-])c43)[nH]2)c(F)c1. The fourth-order valence-corrected chi connectivity index (χ4v) is 5.17. The normalized spacial score (nSPS) is 16.2. The van der Waals surface area contributed by atoms with E-state index < -0.39 is 17.5 Å². The summed E-state index contributed by atoms with van der Waals surface area (Å²) >= 11 is 6.26. The number of H-pyrrole nitrogens is 1. The minimum Gasteiger partial charge on any atom is -0.618 e. The molecule has 1 atom stereocenters. The van der Waals surface area contributed by atoms with E-state index in [0.29, 0.717) is 38.6 Å². The van der Waals surface area contributed by atoms with Crippen molar-refractivity contribution in [2.75, 3.05) is 11.9 Å². The van der Waals surface area contributed by atoms with Crippen LogP contribution in [0.3, 0.4) is 0 Å². The van der Waals surface area contributed by atoms with Crippen molar-refractivity contribution in [3.63, 3.8) is 0 Å². The quantitative estimate of drug-likeness (QED) is 0.217. The number of halogens is 2. The number of aryl methyl sites for hydroxylation is 1. The van der Waals surface area contributed by atoms with Gasteiger partial charge in [-0.05, 0) is 65.7 Å². The Morgan fingerprint density at radius 3 is 2.80 bits per heavy atom. The molecular formula is C26H20ClFN8O4. The Hall–Kier alpha value is -4.88. The molecule has 202 valence electrons. The van der Waals surface area contributed by atoms with E-state index in [9.17, 15) is 19.5 Å². The summed E-state index contributed by atoms with van der Waals surface area (Å²) < 4.78 is 17.0. The molecular weight excluding hydrogens is 543 g/mol. The molecule has 6 rings (SSSR count). The van der Waals surface area contributed by atoms with Gasteiger partial charge in [-0.3, -0.25) is 4.90 Å². The van der Waals surface area contributed by atoms with E-state index in [1.165, 1.54) is 42.6 Å². The number of benzene rings is 2. The van der Waals surface area contributed by atoms with Crippen LogP contribution in [0.25, 0.3) is 28.1 Å². The van der Waals surface area contributed by atoms with E-state index in [2.05, 4.69) is 25.5 Å². The number of nitrogens with one attached hydrogen (secondary N) is 1. The van der Waals surface area contributed by atoms with Crippen molar-refractivity contribution < 1.29 is 24.1 Å². The number of amides is 1. The van der Waals surface area contributed by atoms with E-state index in [-0.39, 0.29) is 34.9 Å². The lowest BCUT2D eigenvalue weighted by Crippen LogP contribution is -2.42. The van der Waals surface area contributed by atoms with E-state index >= 15 is 0 Å². The Balaban J connectivity index is 1.37. The number of nitrogens with zero attached hydrogens (tertiary/aromatic N) is 7. The van der Waals surface area contributed by atoms with Crippen LogP contribution in [0.4, 0.5) is 14.9 Å². The number of hydrogen-bond donors (Lipinski definition) is 3. The molecule has 0 aliphatic heterocycles. The summed E-state index contributed by atoms with van der Waals surface area (Å²) in [5.41, 5.74) is 1.31. The summed E-state index contributed by atoms with van der Waals surface area (Å²) in [5.74, 6) is -0.593. The van der Waals surface area contributed by atoms with Crippen molar-refractivity contribution in [2.45, 2.75) is 18.4 Å². The van der Waals surface area contributed by atoms with Gasteiger partial charge < -0.3 is 20.4 Å². The van der Waals surface area contributed by atoms with Gasteiger partial charge in [-0.25, -0.2) is 14.2 Å². The van der Waals surface area contributed by atoms with Gasteiger partial charge in [-0.2, -0.15) is 9.41 Å². The third-order valence-corrected chi connectivity index (χ3v) is 7.24. The number of tetrazole rings is 1. The van der Waals surface area contributed by atoms with Gasteiger partial charge in [0, 0.05) is 40.0 Å². The number of carboxylic acid groups (broad SMARTS) is 1. The third kappa shape index (κ3) is 4.12. The lowest BCUT2D eigenvalue weighted by molar-refractivity contribution is -0.620. The molecule has 0 fully saturated rings. The highest BCUT2D eigenvalue weighted by Crippen LogP contribution is 2.41. The molecule has 14 heteroatoms. The highest BCUT2D eigenvalue weighted by molar-refractivity contribution is 6.31. The summed E-state index contributed by atoms with van der Waals surface area (Å²) in [6, 6.07) is 10.9. The summed E-state index contributed by atoms with van der Waals surface area (Å²) in [6.45, 7) is 0. The monoisotopic (exact) mass is 562 g/mol. The molecule has 1 unspecified atom stereocenters. The van der Waals surface area contributed by atoms with Crippen LogP contribution < -0.4 is 9.63 Å². The van der Waals surface area contributed by atoms with Gasteiger partial charge in [0.1, 0.15) is 18.0 Å². The molecule has 3 heterocycles. The van der Waals surface area contributed by atoms with E-state index in [1.807, 2.05) is 6.07 Å². The molecule has 1 amide bonds. The number of aromatic amines is 1. The van der Waals surface area contributed by atoms with Gasteiger partial charge in [0.15, 0.2) is 6.20 Å². The van der Waals surface area contributed by atoms with Crippen molar-refractivity contribution >= 4 is 23.4 Å². The molecule has 0 bridgehead atoms. The summed E-state index contributed by atoms with van der Waals surface area (Å²) in [6.07, 6.45) is 3.45. The zero-order chi connectivity index (χ0) is 28.2. The molecule has 3 aromatic heterocycles. The maximum atomic E-state index is 14.9. The largest absolute Gasteiger partial charge is 0.618 e. The van der Waals surface area contributed by atoms with E-state index in [0.717, 1.165) is 11.0 Å². The Morgan fingerprint density at radius 2 is 2.08 bits per heavy atom. The van der Waals surface area contributed by atoms with Crippen molar-refractivity contribution in [1.29, 1.82) is 0 Å². The van der Waals surface area contributed by atoms with Crippen molar-refractivity contribution in [2.24, 2.45) is 0 Å². The molecule has 12 nitrogen and oxygen atoms in total. The minimum atomic E-state index is -1.75. The smallest absolute Gasteiger partial charge is 0.411 e. The second-order valence-corrected chi connectivity index (χ2v) is 9.79. The predicted molar refractivity (Wildman–Crippen MR) is 140 cm³/mol. The van der Waals surface area contributed by atoms with Crippen LogP contribution >= 0.6 is 11.6 Å². The Labute approximate surface area is 230 Å². The van der Waals surface area contributed by atoms with Crippen molar-refractivity contribution in [3.8, 4) is 28.1 Å². The molecule has 5 aromatic rings. The molecule has 2 aromatic carbocycles. The molecule has 0 saturated carbocycles. The third-order valence-electron chi connectivity index (χ3n) is 7.01. The second-order valence-electron chi connectivity index (χ2n) is 9.36. The number of pyridine rings is 1. The highest BCUT2D eigenvalue weighted by Gasteiger charge is 2.48. The maximum Gasteiger partial charge on any atom is 0.411 e. The number of carbonyl (C=O) groups is 1. The fraction of sp³-hybridized carbons (Fsp3) is 0.154. The molecule has 0 saturated heterocycles. The molecule has 1 aliphatic rings. The highest BCUT2D eigenvalue weighted by atomic mass is 35.5. The number of anilines is 1. The number of fused-ring (bicyclic) bond motifs is 1. The van der Waals surface area contributed by atoms with E-state index in [1.54, 1.807) is 18.2 Å². The number of hydrogen-bond acceptors (Lipinski definition) is 7. The first kappa shape index (κ1) is 25.4. The molecule has 1 aliphatic carbocycles. The summed E-state index contributed by atoms with van der Waals surface area (Å²) in [4.78, 5) is 19.3. The number of imidazole rings is 1. The minimum absolute atomic E-state index is 0.0851. The van der Waals surface area contributed by atoms with Crippen LogP contribution in [-0.2, 0) is 12.0 Å². The summed E-state index contributed by atoms with van der Waals surface area (Å²) in [5, 5.41) is 45.9. The van der Waals surface area contributed by atoms with Gasteiger partial charge in [0.25, 0.3) is 0 Å². The van der Waals surface area contributed by atoms with Crippen LogP contribution in [0, 0.1) is 11.0 Å². The van der Waals surface area contributed by atoms with E-state index in [4.69, 9.17) is 16.7 Å². The first-order chi connectivity index (χ1) is 19.2. The zero-order valence-corrected chi connectivity index (χ0v) is 21.5. The van der Waals surface area contributed by atoms with Crippen molar-refractivity contribution in [1.82, 2.24) is 30.2 Å². The molecule has 3 N–H and O–H groups in total. The lowest BCUT2D eigenvalue weighted by atomic mass is 9.98. The fourth-order valence-electron chi connectivity index (χ4n) is 5.00. The Morgan fingerprint density at radius 1 is 1.25 bits per heavy atom. The predicted octanol–water partition coefficient (Wildman–Crippen LogP) is 3.44. The maximum absolute atomic E-state index is 14.9. The van der Waals surface area contributed by atoms with Gasteiger partial charge >= 0.3 is 6.09 Å². The van der Waals surface area contributed by atoms with Crippen LogP contribution in [0.15, 0.2) is 61.2 Å². The standard InChI is InChI=1S/C26H20ClFN8O4/c1-34(25(37)38)17-3-4-18(20(28)10-17)21-11-29-24(31-21)26(39)7-6-14-8-15(12-36(40)23(14)26)19-9-16(27)2-5-22(19)35-13-30-32-33-35/h2-5,8-13,39H,6-7H2,1H3,(H,29,31)(H,37,38). The van der Waals surface area contributed by atoms with Gasteiger partial charge in [0.05, 0.1) is 17.6 Å². The van der Waals surface area contributed by atoms with Crippen LogP contribution in [0.5, 0.6) is 0 Å². The second kappa shape index (κ2) is 9.39. The number of rotatable bonds is 5. The van der Waals surface area contributed by atoms with Gasteiger partial charge in [-0.15, -0.1) is 5.10 Å². The Bertz CT molecular complexity index is 1780. The number of aliphatic hydroxyl groups is 1. The first-order valence-corrected chi connectivity index (χ1v) is 12.4. The first-order valence-electron chi connectivity index (χ1n) is 12.0. The topological polar surface area (TPSA) is 160 Å². The van der Waals surface area contributed by atoms with Crippen LogP contribution in [-0.4, -0.2) is 53.5 Å². The zero-order valence-electron chi connectivity index (χ0n) is 20.8. The van der Waals surface area contributed by atoms with Crippen LogP contribution in [0.1, 0.15) is 23.5 Å². The lowest BCUT2D eigenvalue weighted by Gasteiger charge is -2.20. The summed E-state index contributed by atoms with van der Waals surface area (Å²) in [7, 11) is 1.31. The van der Waals surface area contributed by atoms with Crippen LogP contribution in [0.2, 0.25) is 5.02 Å². The number of aromatic nitrogens is 7. The average Bonchev–Trinajstić information content (AvgIpc) is 3.69. The average molecular weight is 563 g/mol. The van der Waals surface area contributed by atoms with Gasteiger partial charge in [-0.1, -0.05) is 11.6 Å².